The number of carbonyl (C=O) groups is 2. The Kier molecular flexibility index (Phi) is 6.14. The summed E-state index contributed by atoms with van der Waals surface area (Å²) in [6.45, 7) is 4.73. The van der Waals surface area contributed by atoms with Crippen LogP contribution in [0.1, 0.15) is 32.9 Å². The number of alkyl halides is 3. The van der Waals surface area contributed by atoms with Gasteiger partial charge in [-0.3, -0.25) is 4.79 Å². The Morgan fingerprint density at radius 2 is 1.84 bits per heavy atom. The number of anilines is 1. The van der Waals surface area contributed by atoms with Crippen molar-refractivity contribution < 1.29 is 27.5 Å². The molecule has 0 fully saturated rings. The van der Waals surface area contributed by atoms with Crippen LogP contribution in [0.2, 0.25) is 0 Å². The molecule has 0 saturated carbocycles. The summed E-state index contributed by atoms with van der Waals surface area (Å²) in [7, 11) is 0. The van der Waals surface area contributed by atoms with Gasteiger partial charge in [0, 0.05) is 16.9 Å². The van der Waals surface area contributed by atoms with E-state index in [-0.39, 0.29) is 17.1 Å². The van der Waals surface area contributed by atoms with Gasteiger partial charge < -0.3 is 15.0 Å². The van der Waals surface area contributed by atoms with Crippen LogP contribution < -0.4 is 5.32 Å². The van der Waals surface area contributed by atoms with Gasteiger partial charge in [-0.25, -0.2) is 9.78 Å². The summed E-state index contributed by atoms with van der Waals surface area (Å²) in [5.41, 5.74) is 1.99. The minimum Gasteiger partial charge on any atom is -0.451 e. The first kappa shape index (κ1) is 22.1. The van der Waals surface area contributed by atoms with Crippen LogP contribution in [-0.4, -0.2) is 28.5 Å². The van der Waals surface area contributed by atoms with Crippen molar-refractivity contribution in [3.05, 3.63) is 70.5 Å². The van der Waals surface area contributed by atoms with E-state index < -0.39 is 30.2 Å². The van der Waals surface area contributed by atoms with Crippen LogP contribution in [0.25, 0.3) is 11.4 Å². The Morgan fingerprint density at radius 3 is 2.55 bits per heavy atom. The summed E-state index contributed by atoms with van der Waals surface area (Å²) >= 11 is 0. The minimum atomic E-state index is -4.50. The number of rotatable bonds is 5. The van der Waals surface area contributed by atoms with E-state index in [4.69, 9.17) is 4.74 Å². The largest absolute Gasteiger partial charge is 0.451 e. The van der Waals surface area contributed by atoms with Gasteiger partial charge in [-0.15, -0.1) is 0 Å². The van der Waals surface area contributed by atoms with E-state index in [0.717, 1.165) is 23.3 Å². The van der Waals surface area contributed by atoms with Crippen molar-refractivity contribution in [2.45, 2.75) is 26.9 Å². The number of imidazole rings is 1. The van der Waals surface area contributed by atoms with Crippen LogP contribution in [0, 0.1) is 20.8 Å². The van der Waals surface area contributed by atoms with Gasteiger partial charge in [0.2, 0.25) is 0 Å². The fourth-order valence-electron chi connectivity index (χ4n) is 2.89. The lowest BCUT2D eigenvalue weighted by molar-refractivity contribution is -0.137. The van der Waals surface area contributed by atoms with E-state index in [0.29, 0.717) is 11.4 Å². The number of aromatic nitrogens is 2. The average Bonchev–Trinajstić information content (AvgIpc) is 3.10. The first-order valence-corrected chi connectivity index (χ1v) is 9.33. The molecule has 0 radical (unpaired) electrons. The lowest BCUT2D eigenvalue weighted by atomic mass is 10.1. The molecule has 2 aromatic carbocycles. The number of aryl methyl sites for hydroxylation is 3. The molecular formula is C22H20F3N3O3. The van der Waals surface area contributed by atoms with Crippen LogP contribution >= 0.6 is 0 Å². The molecule has 1 aromatic heterocycles. The molecule has 0 aliphatic rings. The molecule has 0 aliphatic heterocycles. The lowest BCUT2D eigenvalue weighted by Gasteiger charge is -2.09. The highest BCUT2D eigenvalue weighted by Crippen LogP contribution is 2.31. The third-order valence-corrected chi connectivity index (χ3v) is 4.54. The van der Waals surface area contributed by atoms with E-state index in [1.807, 2.05) is 26.0 Å². The van der Waals surface area contributed by atoms with Crippen molar-refractivity contribution in [3.8, 4) is 11.4 Å². The maximum absolute atomic E-state index is 12.9. The summed E-state index contributed by atoms with van der Waals surface area (Å²) in [5, 5.41) is 2.67. The summed E-state index contributed by atoms with van der Waals surface area (Å²) in [4.78, 5) is 31.3. The Balaban J connectivity index is 1.69. The minimum absolute atomic E-state index is 0.0930. The molecule has 6 nitrogen and oxygen atoms in total. The number of nitrogens with one attached hydrogen (secondary N) is 2. The molecular weight excluding hydrogens is 411 g/mol. The summed E-state index contributed by atoms with van der Waals surface area (Å²) in [5.74, 6) is -1.29. The number of H-pyrrole nitrogens is 1. The zero-order valence-corrected chi connectivity index (χ0v) is 17.1. The molecule has 1 amide bonds. The number of esters is 1. The number of carbonyl (C=O) groups excluding carboxylic acids is 2. The highest BCUT2D eigenvalue weighted by Gasteiger charge is 2.30. The van der Waals surface area contributed by atoms with E-state index in [1.165, 1.54) is 19.1 Å². The molecule has 31 heavy (non-hydrogen) atoms. The predicted octanol–water partition coefficient (Wildman–Crippen LogP) is 4.82. The van der Waals surface area contributed by atoms with Crippen LogP contribution in [0.5, 0.6) is 0 Å². The molecule has 1 heterocycles. The molecule has 0 aliphatic carbocycles. The topological polar surface area (TPSA) is 84.1 Å². The Bertz CT molecular complexity index is 1140. The molecule has 162 valence electrons. The van der Waals surface area contributed by atoms with Crippen molar-refractivity contribution in [2.75, 3.05) is 11.9 Å². The zero-order valence-electron chi connectivity index (χ0n) is 17.1. The molecule has 2 N–H and O–H groups in total. The second kappa shape index (κ2) is 8.63. The second-order valence-corrected chi connectivity index (χ2v) is 7.08. The van der Waals surface area contributed by atoms with Crippen molar-refractivity contribution in [2.24, 2.45) is 0 Å². The van der Waals surface area contributed by atoms with E-state index >= 15 is 0 Å². The van der Waals surface area contributed by atoms with Crippen LogP contribution in [0.3, 0.4) is 0 Å². The smallest absolute Gasteiger partial charge is 0.416 e. The highest BCUT2D eigenvalue weighted by molar-refractivity contribution is 5.96. The number of ether oxygens (including phenoxy) is 1. The van der Waals surface area contributed by atoms with E-state index in [9.17, 15) is 22.8 Å². The lowest BCUT2D eigenvalue weighted by Crippen LogP contribution is -2.21. The number of nitrogens with zero attached hydrogens (tertiary/aromatic N) is 1. The third-order valence-electron chi connectivity index (χ3n) is 4.54. The molecule has 0 bridgehead atoms. The van der Waals surface area contributed by atoms with Gasteiger partial charge in [-0.1, -0.05) is 24.3 Å². The molecule has 9 heteroatoms. The van der Waals surface area contributed by atoms with Crippen molar-refractivity contribution in [3.63, 3.8) is 0 Å². The molecule has 0 unspecified atom stereocenters. The van der Waals surface area contributed by atoms with Crippen LogP contribution in [0.15, 0.2) is 42.5 Å². The van der Waals surface area contributed by atoms with Crippen molar-refractivity contribution >= 4 is 17.6 Å². The zero-order chi connectivity index (χ0) is 22.8. The number of amides is 1. The third kappa shape index (κ3) is 5.30. The van der Waals surface area contributed by atoms with Gasteiger partial charge in [0.1, 0.15) is 5.82 Å². The standard InChI is InChI=1S/C22H20F3N3O3/c1-12-7-8-13(2)17(9-12)27-18(29)11-31-21(30)19-14(3)26-20(28-19)15-5-4-6-16(10-15)22(23,24)25/h4-10H,11H2,1-3H3,(H,26,28)(H,27,29). The Labute approximate surface area is 176 Å². The number of aromatic amines is 1. The maximum Gasteiger partial charge on any atom is 0.416 e. The van der Waals surface area contributed by atoms with E-state index in [1.54, 1.807) is 6.07 Å². The quantitative estimate of drug-likeness (QED) is 0.568. The molecule has 0 atom stereocenters. The van der Waals surface area contributed by atoms with Gasteiger partial charge >= 0.3 is 12.1 Å². The number of halogens is 3. The molecule has 3 aromatic rings. The number of hydrogen-bond acceptors (Lipinski definition) is 4. The van der Waals surface area contributed by atoms with Gasteiger partial charge in [0.05, 0.1) is 5.56 Å². The fourth-order valence-corrected chi connectivity index (χ4v) is 2.89. The summed E-state index contributed by atoms with van der Waals surface area (Å²) in [6.07, 6.45) is -4.50. The van der Waals surface area contributed by atoms with Gasteiger partial charge in [0.15, 0.2) is 12.3 Å². The second-order valence-electron chi connectivity index (χ2n) is 7.08. The molecule has 0 saturated heterocycles. The van der Waals surface area contributed by atoms with Gasteiger partial charge in [-0.05, 0) is 50.1 Å². The predicted molar refractivity (Wildman–Crippen MR) is 109 cm³/mol. The van der Waals surface area contributed by atoms with Crippen molar-refractivity contribution in [1.29, 1.82) is 0 Å². The van der Waals surface area contributed by atoms with Gasteiger partial charge in [-0.2, -0.15) is 13.2 Å². The normalized spacial score (nSPS) is 11.3. The van der Waals surface area contributed by atoms with Crippen LogP contribution in [-0.2, 0) is 15.7 Å². The van der Waals surface area contributed by atoms with Crippen molar-refractivity contribution in [1.82, 2.24) is 9.97 Å². The number of benzene rings is 2. The average molecular weight is 431 g/mol. The fraction of sp³-hybridized carbons (Fsp3) is 0.227. The van der Waals surface area contributed by atoms with E-state index in [2.05, 4.69) is 15.3 Å². The Morgan fingerprint density at radius 1 is 1.10 bits per heavy atom. The summed E-state index contributed by atoms with van der Waals surface area (Å²) in [6, 6.07) is 10.2. The monoisotopic (exact) mass is 431 g/mol. The first-order chi connectivity index (χ1) is 14.5. The molecule has 3 rings (SSSR count). The SMILES string of the molecule is Cc1ccc(C)c(NC(=O)COC(=O)c2nc(-c3cccc(C(F)(F)F)c3)[nH]c2C)c1. The first-order valence-electron chi connectivity index (χ1n) is 9.33. The van der Waals surface area contributed by atoms with Gasteiger partial charge in [0.25, 0.3) is 5.91 Å². The highest BCUT2D eigenvalue weighted by atomic mass is 19.4. The van der Waals surface area contributed by atoms with Crippen LogP contribution in [0.4, 0.5) is 18.9 Å². The number of hydrogen-bond donors (Lipinski definition) is 2. The molecule has 0 spiro atoms. The maximum atomic E-state index is 12.9. The summed E-state index contributed by atoms with van der Waals surface area (Å²) < 4.78 is 43.8. The Hall–Kier alpha value is -3.62.